The summed E-state index contributed by atoms with van der Waals surface area (Å²) in [5, 5.41) is 7.68. The van der Waals surface area contributed by atoms with Crippen LogP contribution >= 0.6 is 0 Å². The molecule has 0 spiro atoms. The smallest absolute Gasteiger partial charge is 0.346 e. The van der Waals surface area contributed by atoms with Gasteiger partial charge in [-0.05, 0) is 42.7 Å². The van der Waals surface area contributed by atoms with E-state index in [1.807, 2.05) is 18.2 Å². The van der Waals surface area contributed by atoms with Crippen LogP contribution in [0.1, 0.15) is 37.8 Å². The molecular formula is C22H25N3O4. The second-order valence-corrected chi connectivity index (χ2v) is 6.90. The summed E-state index contributed by atoms with van der Waals surface area (Å²) in [6.45, 7) is 4.38. The zero-order chi connectivity index (χ0) is 20.9. The normalized spacial score (nSPS) is 18.9. The molecule has 0 saturated carbocycles. The molecule has 0 aromatic heterocycles. The largest absolute Gasteiger partial charge is 0.493 e. The van der Waals surface area contributed by atoms with Gasteiger partial charge in [0, 0.05) is 0 Å². The number of hydrazone groups is 1. The molecule has 0 bridgehead atoms. The number of urea groups is 1. The Labute approximate surface area is 170 Å². The Morgan fingerprint density at radius 2 is 1.90 bits per heavy atom. The lowest BCUT2D eigenvalue weighted by molar-refractivity contribution is -0.131. The third-order valence-electron chi connectivity index (χ3n) is 4.79. The van der Waals surface area contributed by atoms with Gasteiger partial charge in [0.25, 0.3) is 5.91 Å². The van der Waals surface area contributed by atoms with Gasteiger partial charge in [-0.15, -0.1) is 5.01 Å². The zero-order valence-corrected chi connectivity index (χ0v) is 16.8. The van der Waals surface area contributed by atoms with Crippen LogP contribution in [-0.2, 0) is 10.3 Å². The molecule has 7 nitrogen and oxygen atoms in total. The van der Waals surface area contributed by atoms with Crippen molar-refractivity contribution in [1.82, 2.24) is 10.3 Å². The van der Waals surface area contributed by atoms with E-state index in [-0.39, 0.29) is 0 Å². The van der Waals surface area contributed by atoms with Crippen molar-refractivity contribution in [2.45, 2.75) is 32.2 Å². The van der Waals surface area contributed by atoms with Crippen molar-refractivity contribution in [1.29, 1.82) is 0 Å². The second kappa shape index (κ2) is 8.77. The van der Waals surface area contributed by atoms with Crippen molar-refractivity contribution in [3.8, 4) is 11.5 Å². The molecular weight excluding hydrogens is 370 g/mol. The lowest BCUT2D eigenvalue weighted by Gasteiger charge is -2.20. The highest BCUT2D eigenvalue weighted by molar-refractivity contribution is 6.07. The van der Waals surface area contributed by atoms with Crippen LogP contribution in [0.5, 0.6) is 11.5 Å². The standard InChI is InChI=1S/C22H25N3O4/c1-4-5-13-29-18-12-11-16(14-19(18)28-3)15-23-25-20(26)22(2,24-21(25)27)17-9-7-6-8-10-17/h6-12,14-15H,4-5,13H2,1-3H3,(H,24,27)/b23-15-/t22-/m0/s1. The Bertz CT molecular complexity index is 914. The first-order valence-electron chi connectivity index (χ1n) is 9.56. The van der Waals surface area contributed by atoms with Gasteiger partial charge in [-0.25, -0.2) is 4.79 Å². The number of carbonyl (C=O) groups is 2. The Morgan fingerprint density at radius 1 is 1.14 bits per heavy atom. The van der Waals surface area contributed by atoms with Gasteiger partial charge < -0.3 is 14.8 Å². The first kappa shape index (κ1) is 20.4. The summed E-state index contributed by atoms with van der Waals surface area (Å²) in [7, 11) is 1.56. The van der Waals surface area contributed by atoms with Gasteiger partial charge in [-0.3, -0.25) is 4.79 Å². The minimum Gasteiger partial charge on any atom is -0.493 e. The fourth-order valence-corrected chi connectivity index (χ4v) is 3.03. The van der Waals surface area contributed by atoms with E-state index in [0.29, 0.717) is 29.2 Å². The highest BCUT2D eigenvalue weighted by Crippen LogP contribution is 2.30. The maximum absolute atomic E-state index is 12.9. The van der Waals surface area contributed by atoms with Crippen LogP contribution in [0.2, 0.25) is 0 Å². The van der Waals surface area contributed by atoms with Crippen molar-refractivity contribution < 1.29 is 19.1 Å². The molecule has 0 unspecified atom stereocenters. The molecule has 152 valence electrons. The van der Waals surface area contributed by atoms with Crippen molar-refractivity contribution in [2.24, 2.45) is 5.10 Å². The highest BCUT2D eigenvalue weighted by Gasteiger charge is 2.49. The van der Waals surface area contributed by atoms with Gasteiger partial charge in [0.05, 0.1) is 19.9 Å². The molecule has 1 aliphatic heterocycles. The van der Waals surface area contributed by atoms with E-state index in [2.05, 4.69) is 17.3 Å². The Morgan fingerprint density at radius 3 is 2.59 bits per heavy atom. The number of rotatable bonds is 8. The second-order valence-electron chi connectivity index (χ2n) is 6.90. The van der Waals surface area contributed by atoms with E-state index >= 15 is 0 Å². The molecule has 1 atom stereocenters. The average Bonchev–Trinajstić information content (AvgIpc) is 2.97. The predicted octanol–water partition coefficient (Wildman–Crippen LogP) is 3.68. The summed E-state index contributed by atoms with van der Waals surface area (Å²) >= 11 is 0. The summed E-state index contributed by atoms with van der Waals surface area (Å²) in [6.07, 6.45) is 3.45. The number of hydrogen-bond donors (Lipinski definition) is 1. The quantitative estimate of drug-likeness (QED) is 0.420. The summed E-state index contributed by atoms with van der Waals surface area (Å²) in [5.41, 5.74) is 0.231. The molecule has 3 amide bonds. The van der Waals surface area contributed by atoms with E-state index in [4.69, 9.17) is 9.47 Å². The predicted molar refractivity (Wildman–Crippen MR) is 110 cm³/mol. The number of nitrogens with zero attached hydrogens (tertiary/aromatic N) is 2. The number of amides is 3. The molecule has 0 aliphatic carbocycles. The maximum Gasteiger partial charge on any atom is 0.346 e. The van der Waals surface area contributed by atoms with Crippen molar-refractivity contribution in [3.05, 3.63) is 59.7 Å². The number of ether oxygens (including phenoxy) is 2. The Hall–Kier alpha value is -3.35. The van der Waals surface area contributed by atoms with Crippen molar-refractivity contribution in [2.75, 3.05) is 13.7 Å². The van der Waals surface area contributed by atoms with Crippen LogP contribution < -0.4 is 14.8 Å². The highest BCUT2D eigenvalue weighted by atomic mass is 16.5. The van der Waals surface area contributed by atoms with E-state index in [9.17, 15) is 9.59 Å². The first-order chi connectivity index (χ1) is 14.0. The van der Waals surface area contributed by atoms with Crippen LogP contribution in [0.4, 0.5) is 4.79 Å². The Balaban J connectivity index is 1.77. The van der Waals surface area contributed by atoms with Gasteiger partial charge in [0.1, 0.15) is 5.54 Å². The first-order valence-corrected chi connectivity index (χ1v) is 9.56. The van der Waals surface area contributed by atoms with Gasteiger partial charge in [-0.2, -0.15) is 5.10 Å². The molecule has 1 fully saturated rings. The zero-order valence-electron chi connectivity index (χ0n) is 16.8. The third-order valence-corrected chi connectivity index (χ3v) is 4.79. The number of methoxy groups -OCH3 is 1. The van der Waals surface area contributed by atoms with Crippen molar-refractivity contribution >= 4 is 18.2 Å². The molecule has 3 rings (SSSR count). The molecule has 29 heavy (non-hydrogen) atoms. The van der Waals surface area contributed by atoms with Gasteiger partial charge in [-0.1, -0.05) is 43.7 Å². The summed E-state index contributed by atoms with van der Waals surface area (Å²) in [4.78, 5) is 25.2. The van der Waals surface area contributed by atoms with Gasteiger partial charge in [0.15, 0.2) is 11.5 Å². The van der Waals surface area contributed by atoms with Gasteiger partial charge >= 0.3 is 6.03 Å². The van der Waals surface area contributed by atoms with Crippen molar-refractivity contribution in [3.63, 3.8) is 0 Å². The van der Waals surface area contributed by atoms with Crippen LogP contribution in [-0.4, -0.2) is 36.9 Å². The fourth-order valence-electron chi connectivity index (χ4n) is 3.03. The number of imide groups is 1. The monoisotopic (exact) mass is 395 g/mol. The Kier molecular flexibility index (Phi) is 6.16. The lowest BCUT2D eigenvalue weighted by Crippen LogP contribution is -2.40. The van der Waals surface area contributed by atoms with E-state index in [1.54, 1.807) is 44.4 Å². The maximum atomic E-state index is 12.9. The number of carbonyl (C=O) groups excluding carboxylic acids is 2. The average molecular weight is 395 g/mol. The van der Waals surface area contributed by atoms with Crippen LogP contribution in [0.15, 0.2) is 53.6 Å². The number of unbranched alkanes of at least 4 members (excludes halogenated alkanes) is 1. The minimum absolute atomic E-state index is 0.434. The number of benzene rings is 2. The molecule has 1 aliphatic rings. The number of nitrogens with one attached hydrogen (secondary N) is 1. The van der Waals surface area contributed by atoms with E-state index in [1.165, 1.54) is 6.21 Å². The molecule has 1 heterocycles. The summed E-state index contributed by atoms with van der Waals surface area (Å²) < 4.78 is 11.1. The fraction of sp³-hybridized carbons (Fsp3) is 0.318. The topological polar surface area (TPSA) is 80.2 Å². The summed E-state index contributed by atoms with van der Waals surface area (Å²) in [5.74, 6) is 0.776. The minimum atomic E-state index is -1.15. The molecule has 7 heteroatoms. The SMILES string of the molecule is CCCCOc1ccc(/C=N\N2C(=O)N[C@@](C)(c3ccccc3)C2=O)cc1OC. The van der Waals surface area contributed by atoms with Gasteiger partial charge in [0.2, 0.25) is 0 Å². The molecule has 2 aromatic rings. The molecule has 1 N–H and O–H groups in total. The van der Waals surface area contributed by atoms with Crippen LogP contribution in [0.3, 0.4) is 0 Å². The van der Waals surface area contributed by atoms with Crippen LogP contribution in [0, 0.1) is 0 Å². The number of hydrogen-bond acceptors (Lipinski definition) is 5. The molecule has 0 radical (unpaired) electrons. The van der Waals surface area contributed by atoms with Crippen LogP contribution in [0.25, 0.3) is 0 Å². The third kappa shape index (κ3) is 4.23. The molecule has 2 aromatic carbocycles. The molecule has 1 saturated heterocycles. The van der Waals surface area contributed by atoms with E-state index in [0.717, 1.165) is 17.9 Å². The lowest BCUT2D eigenvalue weighted by atomic mass is 9.92. The van der Waals surface area contributed by atoms with E-state index < -0.39 is 17.5 Å². The summed E-state index contributed by atoms with van der Waals surface area (Å²) in [6, 6.07) is 13.9.